The fourth-order valence-corrected chi connectivity index (χ4v) is 2.84. The van der Waals surface area contributed by atoms with Gasteiger partial charge in [0, 0.05) is 0 Å². The fourth-order valence-electron chi connectivity index (χ4n) is 1.54. The molecule has 0 atom stereocenters. The van der Waals surface area contributed by atoms with Crippen LogP contribution in [-0.4, -0.2) is 17.1 Å². The molecule has 4 nitrogen and oxygen atoms in total. The molecule has 2 rings (SSSR count). The third kappa shape index (κ3) is 2.53. The van der Waals surface area contributed by atoms with Gasteiger partial charge in [0.25, 0.3) is 0 Å². The van der Waals surface area contributed by atoms with Crippen LogP contribution >= 0.6 is 34.5 Å². The zero-order chi connectivity index (χ0) is 13.3. The number of ether oxygens (including phenoxy) is 1. The van der Waals surface area contributed by atoms with Crippen molar-refractivity contribution in [3.63, 3.8) is 0 Å². The summed E-state index contributed by atoms with van der Waals surface area (Å²) in [5.74, 6) is -0.453. The first-order valence-electron chi connectivity index (χ1n) is 5.17. The van der Waals surface area contributed by atoms with Gasteiger partial charge in [-0.25, -0.2) is 0 Å². The maximum absolute atomic E-state index is 11.8. The highest BCUT2D eigenvalue weighted by Crippen LogP contribution is 2.29. The van der Waals surface area contributed by atoms with Gasteiger partial charge < -0.3 is 4.74 Å². The summed E-state index contributed by atoms with van der Waals surface area (Å²) in [7, 11) is 0. The van der Waals surface area contributed by atoms with Crippen molar-refractivity contribution in [2.45, 2.75) is 13.5 Å². The molecule has 0 saturated heterocycles. The largest absolute Gasteiger partial charge is 0.465 e. The van der Waals surface area contributed by atoms with Crippen LogP contribution in [0.2, 0.25) is 10.0 Å². The van der Waals surface area contributed by atoms with E-state index in [1.807, 2.05) is 0 Å². The van der Waals surface area contributed by atoms with Crippen LogP contribution in [0.25, 0.3) is 10.2 Å². The van der Waals surface area contributed by atoms with Crippen LogP contribution in [0.3, 0.4) is 0 Å². The van der Waals surface area contributed by atoms with Crippen LogP contribution in [0.4, 0.5) is 0 Å². The van der Waals surface area contributed by atoms with E-state index in [0.29, 0.717) is 20.3 Å². The highest BCUT2D eigenvalue weighted by Gasteiger charge is 2.13. The van der Waals surface area contributed by atoms with Gasteiger partial charge in [-0.2, -0.15) is 0 Å². The van der Waals surface area contributed by atoms with E-state index < -0.39 is 5.97 Å². The first-order valence-corrected chi connectivity index (χ1v) is 6.74. The van der Waals surface area contributed by atoms with Crippen molar-refractivity contribution in [3.05, 3.63) is 31.8 Å². The zero-order valence-electron chi connectivity index (χ0n) is 9.41. The maximum atomic E-state index is 11.8. The molecule has 1 aromatic heterocycles. The van der Waals surface area contributed by atoms with E-state index in [-0.39, 0.29) is 18.0 Å². The average Bonchev–Trinajstić information content (AvgIpc) is 2.57. The Hall–Kier alpha value is -1.04. The number of fused-ring (bicyclic) bond motifs is 1. The number of carbonyl (C=O) groups excluding carboxylic acids is 1. The Morgan fingerprint density at radius 3 is 2.72 bits per heavy atom. The summed E-state index contributed by atoms with van der Waals surface area (Å²) in [4.78, 5) is 23.0. The quantitative estimate of drug-likeness (QED) is 0.819. The number of thiazole rings is 1. The number of halogens is 2. The van der Waals surface area contributed by atoms with Crippen LogP contribution in [0.15, 0.2) is 16.9 Å². The Kier molecular flexibility index (Phi) is 3.94. The molecule has 0 aliphatic rings. The topological polar surface area (TPSA) is 48.3 Å². The summed E-state index contributed by atoms with van der Waals surface area (Å²) in [6.45, 7) is 1.87. The van der Waals surface area contributed by atoms with Gasteiger partial charge in [-0.3, -0.25) is 14.2 Å². The summed E-state index contributed by atoms with van der Waals surface area (Å²) >= 11 is 12.8. The smallest absolute Gasteiger partial charge is 0.326 e. The van der Waals surface area contributed by atoms with Gasteiger partial charge in [-0.15, -0.1) is 0 Å². The molecule has 1 heterocycles. The van der Waals surface area contributed by atoms with E-state index in [4.69, 9.17) is 27.9 Å². The van der Waals surface area contributed by atoms with E-state index >= 15 is 0 Å². The van der Waals surface area contributed by atoms with Gasteiger partial charge >= 0.3 is 10.8 Å². The predicted octanol–water partition coefficient (Wildman–Crippen LogP) is 2.93. The molecule has 1 aromatic carbocycles. The number of carbonyl (C=O) groups is 1. The normalized spacial score (nSPS) is 10.8. The molecular formula is C11H9Cl2NO3S. The lowest BCUT2D eigenvalue weighted by Crippen LogP contribution is -2.20. The van der Waals surface area contributed by atoms with Crippen molar-refractivity contribution in [2.75, 3.05) is 6.61 Å². The summed E-state index contributed by atoms with van der Waals surface area (Å²) in [5.41, 5.74) is 0.590. The van der Waals surface area contributed by atoms with E-state index in [2.05, 4.69) is 0 Å². The van der Waals surface area contributed by atoms with E-state index in [9.17, 15) is 9.59 Å². The zero-order valence-corrected chi connectivity index (χ0v) is 11.7. The van der Waals surface area contributed by atoms with Gasteiger partial charge in [0.15, 0.2) is 0 Å². The van der Waals surface area contributed by atoms with Crippen molar-refractivity contribution >= 4 is 50.7 Å². The Morgan fingerprint density at radius 2 is 2.06 bits per heavy atom. The van der Waals surface area contributed by atoms with E-state index in [1.165, 1.54) is 4.57 Å². The number of rotatable bonds is 3. The molecule has 0 radical (unpaired) electrons. The summed E-state index contributed by atoms with van der Waals surface area (Å²) in [6, 6.07) is 3.20. The van der Waals surface area contributed by atoms with Crippen molar-refractivity contribution in [1.82, 2.24) is 4.57 Å². The SMILES string of the molecule is CCOC(=O)Cn1c(=O)sc2cc(Cl)c(Cl)cc21. The van der Waals surface area contributed by atoms with E-state index in [1.54, 1.807) is 19.1 Å². The molecule has 0 amide bonds. The molecule has 0 unspecified atom stereocenters. The van der Waals surface area contributed by atoms with Crippen LogP contribution < -0.4 is 4.87 Å². The Balaban J connectivity index is 2.50. The third-order valence-corrected chi connectivity index (χ3v) is 3.97. The fraction of sp³-hybridized carbons (Fsp3) is 0.273. The second kappa shape index (κ2) is 5.30. The molecule has 0 aliphatic heterocycles. The highest BCUT2D eigenvalue weighted by atomic mass is 35.5. The molecule has 0 N–H and O–H groups in total. The minimum Gasteiger partial charge on any atom is -0.465 e. The monoisotopic (exact) mass is 305 g/mol. The van der Waals surface area contributed by atoms with Crippen molar-refractivity contribution in [2.24, 2.45) is 0 Å². The summed E-state index contributed by atoms with van der Waals surface area (Å²) in [6.07, 6.45) is 0. The maximum Gasteiger partial charge on any atom is 0.326 e. The van der Waals surface area contributed by atoms with Gasteiger partial charge in [-0.1, -0.05) is 34.5 Å². The molecule has 2 aromatic rings. The summed E-state index contributed by atoms with van der Waals surface area (Å²) in [5, 5.41) is 0.730. The molecule has 7 heteroatoms. The number of esters is 1. The molecule has 0 bridgehead atoms. The second-order valence-corrected chi connectivity index (χ2v) is 5.30. The van der Waals surface area contributed by atoms with E-state index in [0.717, 1.165) is 11.3 Å². The molecule has 0 aliphatic carbocycles. The lowest BCUT2D eigenvalue weighted by molar-refractivity contribution is -0.143. The van der Waals surface area contributed by atoms with Crippen molar-refractivity contribution in [1.29, 1.82) is 0 Å². The minimum absolute atomic E-state index is 0.120. The van der Waals surface area contributed by atoms with Crippen molar-refractivity contribution in [3.8, 4) is 0 Å². The van der Waals surface area contributed by atoms with Crippen LogP contribution in [0.5, 0.6) is 0 Å². The average molecular weight is 306 g/mol. The number of benzene rings is 1. The first kappa shape index (κ1) is 13.4. The summed E-state index contributed by atoms with van der Waals surface area (Å²) < 4.78 is 6.85. The molecule has 0 spiro atoms. The lowest BCUT2D eigenvalue weighted by Gasteiger charge is -2.04. The first-order chi connectivity index (χ1) is 8.52. The minimum atomic E-state index is -0.453. The van der Waals surface area contributed by atoms with Gasteiger partial charge in [-0.05, 0) is 19.1 Å². The van der Waals surface area contributed by atoms with Crippen LogP contribution in [0.1, 0.15) is 6.92 Å². The Labute approximate surface area is 117 Å². The molecule has 0 saturated carbocycles. The lowest BCUT2D eigenvalue weighted by atomic mass is 10.3. The highest BCUT2D eigenvalue weighted by molar-refractivity contribution is 7.16. The number of aromatic nitrogens is 1. The van der Waals surface area contributed by atoms with Gasteiger partial charge in [0.1, 0.15) is 6.54 Å². The standard InChI is InChI=1S/C11H9Cl2NO3S/c1-2-17-10(15)5-14-8-3-6(12)7(13)4-9(8)18-11(14)16/h3-4H,2,5H2,1H3. The molecular weight excluding hydrogens is 297 g/mol. The molecule has 0 fully saturated rings. The van der Waals surface area contributed by atoms with Gasteiger partial charge in [0.05, 0.1) is 26.9 Å². The Bertz CT molecular complexity index is 662. The molecule has 96 valence electrons. The Morgan fingerprint density at radius 1 is 1.39 bits per heavy atom. The van der Waals surface area contributed by atoms with Crippen molar-refractivity contribution < 1.29 is 9.53 Å². The number of hydrogen-bond acceptors (Lipinski definition) is 4. The third-order valence-electron chi connectivity index (χ3n) is 2.30. The predicted molar refractivity (Wildman–Crippen MR) is 72.7 cm³/mol. The number of hydrogen-bond donors (Lipinski definition) is 0. The molecule has 18 heavy (non-hydrogen) atoms. The number of nitrogens with zero attached hydrogens (tertiary/aromatic N) is 1. The van der Waals surface area contributed by atoms with Crippen LogP contribution in [-0.2, 0) is 16.1 Å². The van der Waals surface area contributed by atoms with Gasteiger partial charge in [0.2, 0.25) is 0 Å². The second-order valence-electron chi connectivity index (χ2n) is 3.49. The van der Waals surface area contributed by atoms with Crippen LogP contribution in [0, 0.1) is 0 Å².